The van der Waals surface area contributed by atoms with Crippen molar-refractivity contribution >= 4 is 34.4 Å². The summed E-state index contributed by atoms with van der Waals surface area (Å²) in [4.78, 5) is 39.8. The smallest absolute Gasteiger partial charge is 0.340 e. The Morgan fingerprint density at radius 1 is 1.00 bits per heavy atom. The molecule has 28 heavy (non-hydrogen) atoms. The highest BCUT2D eigenvalue weighted by Crippen LogP contribution is 2.22. The molecule has 7 heteroatoms. The normalized spacial score (nSPS) is 13.1. The maximum absolute atomic E-state index is 12.3. The van der Waals surface area contributed by atoms with Crippen molar-refractivity contribution in [3.8, 4) is 0 Å². The highest BCUT2D eigenvalue weighted by Gasteiger charge is 2.25. The number of anilines is 1. The first-order valence-corrected chi connectivity index (χ1v) is 9.05. The number of H-pyrrole nitrogens is 1. The summed E-state index contributed by atoms with van der Waals surface area (Å²) in [6.07, 6.45) is 3.51. The molecule has 1 aromatic heterocycles. The number of ether oxygens (including phenoxy) is 1. The average Bonchev–Trinajstić information content (AvgIpc) is 3.41. The third-order valence-corrected chi connectivity index (χ3v) is 4.50. The van der Waals surface area contributed by atoms with Gasteiger partial charge in [-0.2, -0.15) is 0 Å². The van der Waals surface area contributed by atoms with E-state index in [9.17, 15) is 14.4 Å². The van der Waals surface area contributed by atoms with Gasteiger partial charge in [0.25, 0.3) is 11.8 Å². The Morgan fingerprint density at radius 3 is 2.57 bits per heavy atom. The second-order valence-electron chi connectivity index (χ2n) is 6.67. The molecule has 1 aliphatic carbocycles. The minimum absolute atomic E-state index is 0.216. The number of carbonyl (C=O) groups is 3. The Hall–Kier alpha value is -3.61. The topological polar surface area (TPSA) is 100 Å². The van der Waals surface area contributed by atoms with Crippen LogP contribution in [0, 0.1) is 0 Å². The first kappa shape index (κ1) is 17.8. The van der Waals surface area contributed by atoms with E-state index in [0.717, 1.165) is 23.7 Å². The van der Waals surface area contributed by atoms with Crippen LogP contribution in [0.4, 0.5) is 5.69 Å². The molecule has 0 radical (unpaired) electrons. The number of nitrogens with one attached hydrogen (secondary N) is 3. The number of rotatable bonds is 6. The van der Waals surface area contributed by atoms with E-state index in [-0.39, 0.29) is 11.9 Å². The summed E-state index contributed by atoms with van der Waals surface area (Å²) in [6.45, 7) is -0.448. The van der Waals surface area contributed by atoms with Crippen LogP contribution >= 0.6 is 0 Å². The fourth-order valence-electron chi connectivity index (χ4n) is 2.92. The van der Waals surface area contributed by atoms with Crippen LogP contribution in [0.25, 0.3) is 10.9 Å². The second kappa shape index (κ2) is 7.56. The lowest BCUT2D eigenvalue weighted by Gasteiger charge is -2.11. The van der Waals surface area contributed by atoms with Crippen molar-refractivity contribution in [1.29, 1.82) is 0 Å². The monoisotopic (exact) mass is 377 g/mol. The summed E-state index contributed by atoms with van der Waals surface area (Å²) in [5.74, 6) is -1.33. The van der Waals surface area contributed by atoms with Crippen LogP contribution in [-0.4, -0.2) is 35.4 Å². The van der Waals surface area contributed by atoms with E-state index in [1.807, 2.05) is 18.2 Å². The Balaban J connectivity index is 1.38. The lowest BCUT2D eigenvalue weighted by molar-refractivity contribution is -0.119. The van der Waals surface area contributed by atoms with E-state index >= 15 is 0 Å². The van der Waals surface area contributed by atoms with Gasteiger partial charge < -0.3 is 20.4 Å². The van der Waals surface area contributed by atoms with Crippen molar-refractivity contribution in [2.75, 3.05) is 11.9 Å². The third kappa shape index (κ3) is 3.88. The number of amides is 2. The predicted octanol–water partition coefficient (Wildman–Crippen LogP) is 2.86. The lowest BCUT2D eigenvalue weighted by Crippen LogP contribution is -2.28. The van der Waals surface area contributed by atoms with Crippen molar-refractivity contribution in [1.82, 2.24) is 10.3 Å². The summed E-state index contributed by atoms with van der Waals surface area (Å²) in [5, 5.41) is 6.26. The summed E-state index contributed by atoms with van der Waals surface area (Å²) >= 11 is 0. The summed E-state index contributed by atoms with van der Waals surface area (Å²) < 4.78 is 5.13. The summed E-state index contributed by atoms with van der Waals surface area (Å²) in [6, 6.07) is 14.3. The molecule has 0 spiro atoms. The number of hydrogen-bond acceptors (Lipinski definition) is 4. The fraction of sp³-hybridized carbons (Fsp3) is 0.190. The largest absolute Gasteiger partial charge is 0.452 e. The minimum Gasteiger partial charge on any atom is -0.452 e. The highest BCUT2D eigenvalue weighted by molar-refractivity contribution is 6.06. The molecule has 2 aromatic carbocycles. The van der Waals surface area contributed by atoms with Crippen LogP contribution in [0.2, 0.25) is 0 Å². The molecule has 2 amide bonds. The summed E-state index contributed by atoms with van der Waals surface area (Å²) in [5.41, 5.74) is 1.95. The quantitative estimate of drug-likeness (QED) is 0.575. The van der Waals surface area contributed by atoms with Crippen molar-refractivity contribution in [2.45, 2.75) is 18.9 Å². The maximum atomic E-state index is 12.3. The molecule has 1 aliphatic rings. The molecule has 0 aliphatic heterocycles. The molecule has 7 nitrogen and oxygen atoms in total. The van der Waals surface area contributed by atoms with Crippen LogP contribution in [-0.2, 0) is 9.53 Å². The van der Waals surface area contributed by atoms with Crippen LogP contribution in [0.15, 0.2) is 54.7 Å². The molecule has 0 unspecified atom stereocenters. The van der Waals surface area contributed by atoms with Gasteiger partial charge in [0.2, 0.25) is 0 Å². The van der Waals surface area contributed by atoms with Crippen molar-refractivity contribution in [3.63, 3.8) is 0 Å². The molecule has 3 N–H and O–H groups in total. The number of aromatic nitrogens is 1. The Morgan fingerprint density at radius 2 is 1.75 bits per heavy atom. The zero-order chi connectivity index (χ0) is 19.5. The second-order valence-corrected chi connectivity index (χ2v) is 6.67. The third-order valence-electron chi connectivity index (χ3n) is 4.50. The molecule has 1 heterocycles. The molecule has 4 rings (SSSR count). The zero-order valence-corrected chi connectivity index (χ0v) is 15.0. The van der Waals surface area contributed by atoms with Crippen molar-refractivity contribution < 1.29 is 19.1 Å². The molecule has 1 saturated carbocycles. The van der Waals surface area contributed by atoms with Gasteiger partial charge in [0, 0.05) is 23.1 Å². The van der Waals surface area contributed by atoms with Crippen molar-refractivity contribution in [3.05, 3.63) is 65.9 Å². The van der Waals surface area contributed by atoms with E-state index in [2.05, 4.69) is 15.6 Å². The van der Waals surface area contributed by atoms with Crippen LogP contribution in [0.5, 0.6) is 0 Å². The van der Waals surface area contributed by atoms with Gasteiger partial charge in [-0.25, -0.2) is 4.79 Å². The van der Waals surface area contributed by atoms with Gasteiger partial charge in [-0.05, 0) is 31.0 Å². The SMILES string of the molecule is O=C(COC(=O)c1c[nH]c2ccccc12)Nc1ccccc1C(=O)NC1CC1. The van der Waals surface area contributed by atoms with Gasteiger partial charge >= 0.3 is 5.97 Å². The van der Waals surface area contributed by atoms with E-state index < -0.39 is 18.5 Å². The number of hydrogen-bond donors (Lipinski definition) is 3. The van der Waals surface area contributed by atoms with Gasteiger partial charge in [0.15, 0.2) is 6.61 Å². The Labute approximate surface area is 161 Å². The maximum Gasteiger partial charge on any atom is 0.340 e. The van der Waals surface area contributed by atoms with Crippen LogP contribution in [0.3, 0.4) is 0 Å². The number of esters is 1. The minimum atomic E-state index is -0.590. The first-order chi connectivity index (χ1) is 13.6. The van der Waals surface area contributed by atoms with E-state index in [1.54, 1.807) is 36.5 Å². The average molecular weight is 377 g/mol. The summed E-state index contributed by atoms with van der Waals surface area (Å²) in [7, 11) is 0. The molecule has 0 atom stereocenters. The standard InChI is InChI=1S/C21H19N3O4/c25-19(12-28-21(27)16-11-22-17-7-3-1-5-14(16)17)24-18-8-4-2-6-15(18)20(26)23-13-9-10-13/h1-8,11,13,22H,9-10,12H2,(H,23,26)(H,24,25). The highest BCUT2D eigenvalue weighted by atomic mass is 16.5. The van der Waals surface area contributed by atoms with Crippen molar-refractivity contribution in [2.24, 2.45) is 0 Å². The van der Waals surface area contributed by atoms with Gasteiger partial charge in [-0.1, -0.05) is 30.3 Å². The predicted molar refractivity (Wildman–Crippen MR) is 104 cm³/mol. The molecule has 3 aromatic rings. The number of carbonyl (C=O) groups excluding carboxylic acids is 3. The van der Waals surface area contributed by atoms with Gasteiger partial charge in [0.1, 0.15) is 0 Å². The zero-order valence-electron chi connectivity index (χ0n) is 15.0. The van der Waals surface area contributed by atoms with Gasteiger partial charge in [-0.3, -0.25) is 9.59 Å². The lowest BCUT2D eigenvalue weighted by atomic mass is 10.1. The van der Waals surface area contributed by atoms with Gasteiger partial charge in [0.05, 0.1) is 16.8 Å². The number of para-hydroxylation sites is 2. The molecular weight excluding hydrogens is 358 g/mol. The Bertz CT molecular complexity index is 1050. The van der Waals surface area contributed by atoms with Crippen LogP contribution in [0.1, 0.15) is 33.6 Å². The molecule has 0 bridgehead atoms. The molecule has 142 valence electrons. The first-order valence-electron chi connectivity index (χ1n) is 9.05. The van der Waals surface area contributed by atoms with Crippen LogP contribution < -0.4 is 10.6 Å². The van der Waals surface area contributed by atoms with E-state index in [1.165, 1.54) is 0 Å². The van der Waals surface area contributed by atoms with Gasteiger partial charge in [-0.15, -0.1) is 0 Å². The van der Waals surface area contributed by atoms with E-state index in [0.29, 0.717) is 16.8 Å². The number of benzene rings is 2. The molecule has 0 saturated heterocycles. The fourth-order valence-corrected chi connectivity index (χ4v) is 2.92. The Kier molecular flexibility index (Phi) is 4.80. The molecular formula is C21H19N3O4. The number of aromatic amines is 1. The van der Waals surface area contributed by atoms with E-state index in [4.69, 9.17) is 4.74 Å². The number of fused-ring (bicyclic) bond motifs is 1. The molecule has 1 fully saturated rings.